The minimum atomic E-state index is -6.81. The predicted octanol–water partition coefficient (Wildman–Crippen LogP) is 11.4. The Bertz CT molecular complexity index is 1810. The number of hydrogen-bond acceptors (Lipinski definition) is 0. The quantitative estimate of drug-likeness (QED) is 0.0815. The first-order valence-corrected chi connectivity index (χ1v) is 16.2. The van der Waals surface area contributed by atoms with E-state index >= 15 is 0 Å². The number of carbonyl (C=O) groups excluding carboxylic acids is 8. The Morgan fingerprint density at radius 2 is 0.273 bits per heavy atom. The fourth-order valence-corrected chi connectivity index (χ4v) is 2.92. The maximum Gasteiger partial charge on any atom is 0.505 e. The summed E-state index contributed by atoms with van der Waals surface area (Å²) in [6.07, 6.45) is -60.2. The Kier molecular flexibility index (Phi) is 26.9. The molecule has 0 unspecified atom stereocenters. The summed E-state index contributed by atoms with van der Waals surface area (Å²) in [5.74, 6) is -76.5. The van der Waals surface area contributed by atoms with Gasteiger partial charge in [0.05, 0.1) is 0 Å². The minimum Gasteiger partial charge on any atom is -0.276 e. The molecule has 0 bridgehead atoms. The molecule has 0 aromatic heterocycles. The van der Waals surface area contributed by atoms with Crippen LogP contribution in [0.1, 0.15) is 25.7 Å². The first-order chi connectivity index (χ1) is 32.2. The fraction of sp³-hybridized carbons (Fsp3) is 0.714. The normalized spacial score (nSPS) is 14.2. The van der Waals surface area contributed by atoms with Crippen molar-refractivity contribution in [3.8, 4) is 0 Å². The Morgan fingerprint density at radius 1 is 0.182 bits per heavy atom. The van der Waals surface area contributed by atoms with Crippen LogP contribution in [0, 0.1) is 46.9 Å². The van der Waals surface area contributed by atoms with Gasteiger partial charge in [-0.3, -0.25) is 38.4 Å². The summed E-state index contributed by atoms with van der Waals surface area (Å²) in [5.41, 5.74) is 0. The van der Waals surface area contributed by atoms with E-state index in [1.807, 2.05) is 0 Å². The Labute approximate surface area is 428 Å². The average Bonchev–Trinajstić information content (AvgIpc) is 3.14. The summed E-state index contributed by atoms with van der Waals surface area (Å²) in [4.78, 5) is 65.8. The van der Waals surface area contributed by atoms with Gasteiger partial charge in [-0.15, -0.1) is 0 Å². The molecule has 0 aromatic carbocycles. The van der Waals surface area contributed by atoms with Crippen LogP contribution < -0.4 is 0 Å². The summed E-state index contributed by atoms with van der Waals surface area (Å²) in [6.45, 7) is 0. The van der Waals surface area contributed by atoms with Crippen molar-refractivity contribution in [1.82, 2.24) is 0 Å². The molecule has 0 rings (SSSR count). The summed E-state index contributed by atoms with van der Waals surface area (Å²) >= 11 is 0. The van der Waals surface area contributed by atoms with Gasteiger partial charge in [0, 0.05) is 46.9 Å². The van der Waals surface area contributed by atoms with Gasteiger partial charge >= 0.3 is 143 Å². The predicted molar refractivity (Wildman–Crippen MR) is 162 cm³/mol. The number of ketones is 8. The largest absolute Gasteiger partial charge is 0.505 e. The van der Waals surface area contributed by atoms with E-state index in [4.69, 9.17) is 38.4 Å². The van der Waals surface area contributed by atoms with E-state index in [1.165, 1.54) is 0 Å². The smallest absolute Gasteiger partial charge is 0.276 e. The second-order valence-corrected chi connectivity index (χ2v) is 12.9. The van der Waals surface area contributed by atoms with Gasteiger partial charge in [-0.25, -0.2) is 0 Å². The third-order valence-electron chi connectivity index (χ3n) is 7.10. The van der Waals surface area contributed by atoms with Crippen LogP contribution >= 0.6 is 0 Å². The first kappa shape index (κ1) is 81.9. The van der Waals surface area contributed by atoms with E-state index in [-0.39, 0.29) is 46.9 Å². The molecule has 0 heterocycles. The zero-order valence-electron chi connectivity index (χ0n) is 33.8. The van der Waals surface area contributed by atoms with Crippen LogP contribution in [0.4, 0.5) is 176 Å². The monoisotopic (exact) mass is 1410 g/mol. The van der Waals surface area contributed by atoms with Gasteiger partial charge in [0.15, 0.2) is 25.7 Å². The molecule has 0 aliphatic heterocycles. The molecule has 0 aliphatic carbocycles. The van der Waals surface area contributed by atoms with E-state index in [0.717, 1.165) is 0 Å². The summed E-state index contributed by atoms with van der Waals surface area (Å²) in [6, 6.07) is 0. The third kappa shape index (κ3) is 20.3. The van der Waals surface area contributed by atoms with Crippen molar-refractivity contribution in [3.05, 3.63) is 0 Å². The van der Waals surface area contributed by atoms with E-state index in [2.05, 4.69) is 0 Å². The molecule has 8 N–H and O–H groups in total. The van der Waals surface area contributed by atoms with E-state index in [9.17, 15) is 176 Å². The maximum atomic E-state index is 12.6. The van der Waals surface area contributed by atoms with Crippen LogP contribution in [-0.4, -0.2) is 181 Å². The molecular weight excluding hydrogens is 1400 g/mol. The average molecular weight is 1410 g/mol. The van der Waals surface area contributed by atoms with Crippen molar-refractivity contribution in [3.63, 3.8) is 0 Å². The standard InChI is InChI=1S/4C7H2F10O2.Yb/c4*8-4(9,6(13,14)7(15,16)17)2(18)1-3(19)5(10,11)12;/h4*1H2;/p+8. The Morgan fingerprint density at radius 3 is 0.338 bits per heavy atom. The number of alkyl halides is 40. The van der Waals surface area contributed by atoms with Crippen LogP contribution in [0.2, 0.25) is 0 Å². The molecule has 0 amide bonds. The summed E-state index contributed by atoms with van der Waals surface area (Å²) in [5, 5.41) is 0. The second kappa shape index (κ2) is 25.3. The van der Waals surface area contributed by atoms with E-state index in [0.29, 0.717) is 0 Å². The van der Waals surface area contributed by atoms with Gasteiger partial charge in [-0.2, -0.15) is 176 Å². The van der Waals surface area contributed by atoms with Crippen LogP contribution in [0.5, 0.6) is 0 Å². The SMILES string of the molecule is [OH+]=C(CC(=[OH+])C(F)(F)C(F)(F)C(F)(F)F)C(F)(F)F.[OH+]=C(CC(=[OH+])C(F)(F)C(F)(F)C(F)(F)F)C(F)(F)F.[OH+]=C(CC(=[OH+])C(F)(F)C(F)(F)C(F)(F)F)C(F)(F)F.[OH+]=C(CC(=[OH+])C(F)(F)C(F)(F)C(F)(F)F)C(F)(F)F.[Yb]. The molecule has 0 atom stereocenters. The molecule has 49 heteroatoms. The molecular formula is C28H16F40O8Yb+8. The molecule has 0 radical (unpaired) electrons. The summed E-state index contributed by atoms with van der Waals surface area (Å²) in [7, 11) is 0. The van der Waals surface area contributed by atoms with Crippen LogP contribution in [0.15, 0.2) is 0 Å². The molecule has 0 aliphatic rings. The van der Waals surface area contributed by atoms with Crippen LogP contribution in [0.3, 0.4) is 0 Å². The molecule has 77 heavy (non-hydrogen) atoms. The first-order valence-electron chi connectivity index (χ1n) is 16.2. The molecule has 0 saturated heterocycles. The second-order valence-electron chi connectivity index (χ2n) is 12.9. The van der Waals surface area contributed by atoms with Crippen molar-refractivity contribution >= 4 is 46.3 Å². The Hall–Kier alpha value is -3.92. The van der Waals surface area contributed by atoms with Gasteiger partial charge in [0.2, 0.25) is 0 Å². The third-order valence-corrected chi connectivity index (χ3v) is 7.10. The van der Waals surface area contributed by atoms with E-state index < -0.39 is 169 Å². The van der Waals surface area contributed by atoms with Gasteiger partial charge in [0.1, 0.15) is 0 Å². The maximum absolute atomic E-state index is 12.6. The number of hydrogen-bond donors (Lipinski definition) is 0. The topological polar surface area (TPSA) is 171 Å². The molecule has 0 fully saturated rings. The summed E-state index contributed by atoms with van der Waals surface area (Å²) < 4.78 is 478. The van der Waals surface area contributed by atoms with Gasteiger partial charge < -0.3 is 0 Å². The number of rotatable bonds is 16. The van der Waals surface area contributed by atoms with Gasteiger partial charge in [-0.05, 0) is 0 Å². The Balaban J connectivity index is -0.000000298. The molecule has 0 aromatic rings. The van der Waals surface area contributed by atoms with Crippen molar-refractivity contribution in [1.29, 1.82) is 0 Å². The van der Waals surface area contributed by atoms with Crippen LogP contribution in [0.25, 0.3) is 0 Å². The minimum absolute atomic E-state index is 0. The number of halogens is 40. The van der Waals surface area contributed by atoms with Crippen molar-refractivity contribution < 1.29 is 261 Å². The van der Waals surface area contributed by atoms with Crippen LogP contribution in [-0.2, 0) is 0 Å². The van der Waals surface area contributed by atoms with Gasteiger partial charge in [-0.1, -0.05) is 0 Å². The van der Waals surface area contributed by atoms with Crippen molar-refractivity contribution in [2.45, 2.75) is 122 Å². The molecule has 0 saturated carbocycles. The van der Waals surface area contributed by atoms with Gasteiger partial charge in [0.25, 0.3) is 0 Å². The zero-order chi connectivity index (χ0) is 63.4. The zero-order valence-corrected chi connectivity index (χ0v) is 35.5. The molecule has 8 nitrogen and oxygen atoms in total. The van der Waals surface area contributed by atoms with Crippen molar-refractivity contribution in [2.24, 2.45) is 0 Å². The fourth-order valence-electron chi connectivity index (χ4n) is 2.92. The molecule has 0 spiro atoms. The van der Waals surface area contributed by atoms with E-state index in [1.54, 1.807) is 0 Å². The molecule has 462 valence electrons. The van der Waals surface area contributed by atoms with Crippen molar-refractivity contribution in [2.75, 3.05) is 0 Å².